The summed E-state index contributed by atoms with van der Waals surface area (Å²) in [6.45, 7) is 9.26. The molecule has 1 heteroatoms. The Hall–Kier alpha value is -0.460. The van der Waals surface area contributed by atoms with Crippen LogP contribution in [0.15, 0.2) is 12.3 Å². The van der Waals surface area contributed by atoms with Crippen LogP contribution in [0.3, 0.4) is 0 Å². The van der Waals surface area contributed by atoms with Crippen LogP contribution in [0.25, 0.3) is 0 Å². The van der Waals surface area contributed by atoms with Crippen molar-refractivity contribution in [2.45, 2.75) is 149 Å². The summed E-state index contributed by atoms with van der Waals surface area (Å²) >= 11 is 0. The first kappa shape index (κ1) is 25.5. The van der Waals surface area contributed by atoms with E-state index >= 15 is 0 Å². The van der Waals surface area contributed by atoms with E-state index in [4.69, 9.17) is 0 Å². The van der Waals surface area contributed by atoms with Crippen LogP contribution < -0.4 is 5.32 Å². The fourth-order valence-corrected chi connectivity index (χ4v) is 3.85. The molecule has 1 nitrogen and oxygen atoms in total. The lowest BCUT2D eigenvalue weighted by Crippen LogP contribution is -2.42. The highest BCUT2D eigenvalue weighted by Gasteiger charge is 2.26. The van der Waals surface area contributed by atoms with Crippen LogP contribution in [0.2, 0.25) is 0 Å². The SMILES string of the molecule is CCCCCCCCCCC=CNC(CCCC)(CCCC)CCCC. The molecule has 0 spiro atoms. The number of nitrogens with one attached hydrogen (secondary N) is 1. The van der Waals surface area contributed by atoms with E-state index < -0.39 is 0 Å². The van der Waals surface area contributed by atoms with Crippen molar-refractivity contribution in [2.75, 3.05) is 0 Å². The Morgan fingerprint density at radius 3 is 1.42 bits per heavy atom. The third-order valence-electron chi connectivity index (χ3n) is 5.76. The average Bonchev–Trinajstić information content (AvgIpc) is 2.66. The average molecular weight is 366 g/mol. The van der Waals surface area contributed by atoms with E-state index in [1.165, 1.54) is 116 Å². The second-order valence-electron chi connectivity index (χ2n) is 8.40. The van der Waals surface area contributed by atoms with Crippen molar-refractivity contribution in [1.82, 2.24) is 5.32 Å². The Morgan fingerprint density at radius 2 is 0.962 bits per heavy atom. The molecule has 0 rings (SSSR count). The minimum atomic E-state index is 0.359. The van der Waals surface area contributed by atoms with E-state index in [2.05, 4.69) is 45.3 Å². The molecule has 0 amide bonds. The third-order valence-corrected chi connectivity index (χ3v) is 5.76. The van der Waals surface area contributed by atoms with Crippen LogP contribution in [0.5, 0.6) is 0 Å². The van der Waals surface area contributed by atoms with Crippen LogP contribution >= 0.6 is 0 Å². The van der Waals surface area contributed by atoms with Gasteiger partial charge in [-0.2, -0.15) is 0 Å². The predicted octanol–water partition coefficient (Wildman–Crippen LogP) is 8.93. The summed E-state index contributed by atoms with van der Waals surface area (Å²) < 4.78 is 0. The largest absolute Gasteiger partial charge is 0.386 e. The Morgan fingerprint density at radius 1 is 0.538 bits per heavy atom. The van der Waals surface area contributed by atoms with Crippen molar-refractivity contribution >= 4 is 0 Å². The predicted molar refractivity (Wildman–Crippen MR) is 121 cm³/mol. The fraction of sp³-hybridized carbons (Fsp3) is 0.920. The molecular formula is C25H51N. The van der Waals surface area contributed by atoms with Gasteiger partial charge in [0.15, 0.2) is 0 Å². The maximum absolute atomic E-state index is 3.88. The van der Waals surface area contributed by atoms with Crippen molar-refractivity contribution in [2.24, 2.45) is 0 Å². The van der Waals surface area contributed by atoms with Crippen LogP contribution in [0.4, 0.5) is 0 Å². The van der Waals surface area contributed by atoms with Crippen molar-refractivity contribution in [3.63, 3.8) is 0 Å². The lowest BCUT2D eigenvalue weighted by molar-refractivity contribution is 0.269. The van der Waals surface area contributed by atoms with Gasteiger partial charge in [-0.1, -0.05) is 117 Å². The maximum atomic E-state index is 3.88. The van der Waals surface area contributed by atoms with Gasteiger partial charge >= 0.3 is 0 Å². The van der Waals surface area contributed by atoms with Crippen LogP contribution in [0, 0.1) is 0 Å². The monoisotopic (exact) mass is 365 g/mol. The van der Waals surface area contributed by atoms with E-state index in [0.29, 0.717) is 5.54 Å². The minimum absolute atomic E-state index is 0.359. The first-order chi connectivity index (χ1) is 12.7. The van der Waals surface area contributed by atoms with Gasteiger partial charge in [-0.05, 0) is 38.3 Å². The molecular weight excluding hydrogens is 314 g/mol. The maximum Gasteiger partial charge on any atom is 0.0368 e. The number of hydrogen-bond acceptors (Lipinski definition) is 1. The first-order valence-electron chi connectivity index (χ1n) is 12.2. The van der Waals surface area contributed by atoms with Crippen molar-refractivity contribution in [1.29, 1.82) is 0 Å². The summed E-state index contributed by atoms with van der Waals surface area (Å²) in [6, 6.07) is 0. The van der Waals surface area contributed by atoms with Gasteiger partial charge in [0.1, 0.15) is 0 Å². The van der Waals surface area contributed by atoms with E-state index in [9.17, 15) is 0 Å². The molecule has 0 aromatic heterocycles. The lowest BCUT2D eigenvalue weighted by Gasteiger charge is -2.35. The summed E-state index contributed by atoms with van der Waals surface area (Å²) in [4.78, 5) is 0. The summed E-state index contributed by atoms with van der Waals surface area (Å²) in [5.74, 6) is 0. The molecule has 0 atom stereocenters. The third kappa shape index (κ3) is 14.7. The second kappa shape index (κ2) is 19.3. The smallest absolute Gasteiger partial charge is 0.0368 e. The van der Waals surface area contributed by atoms with Gasteiger partial charge in [-0.25, -0.2) is 0 Å². The summed E-state index contributed by atoms with van der Waals surface area (Å²) in [5.41, 5.74) is 0.359. The number of hydrogen-bond donors (Lipinski definition) is 1. The molecule has 0 radical (unpaired) electrons. The molecule has 156 valence electrons. The summed E-state index contributed by atoms with van der Waals surface area (Å²) in [5, 5.41) is 3.88. The van der Waals surface area contributed by atoms with Crippen molar-refractivity contribution in [3.8, 4) is 0 Å². The fourth-order valence-electron chi connectivity index (χ4n) is 3.85. The Bertz CT molecular complexity index is 273. The van der Waals surface area contributed by atoms with Gasteiger partial charge in [0.2, 0.25) is 0 Å². The van der Waals surface area contributed by atoms with Crippen LogP contribution in [-0.4, -0.2) is 5.54 Å². The summed E-state index contributed by atoms with van der Waals surface area (Å²) in [7, 11) is 0. The molecule has 0 fully saturated rings. The molecule has 0 heterocycles. The molecule has 0 aromatic rings. The zero-order valence-corrected chi connectivity index (χ0v) is 18.9. The summed E-state index contributed by atoms with van der Waals surface area (Å²) in [6.07, 6.45) is 29.2. The Labute approximate surface area is 166 Å². The number of rotatable bonds is 20. The standard InChI is InChI=1S/C25H51N/c1-5-9-13-14-15-16-17-18-19-20-24-26-25(21-10-6-2,22-11-7-3)23-12-8-4/h20,24,26H,5-19,21-23H2,1-4H3. The molecule has 0 aliphatic carbocycles. The van der Waals surface area contributed by atoms with Gasteiger partial charge in [0, 0.05) is 5.54 Å². The highest BCUT2D eigenvalue weighted by molar-refractivity contribution is 4.94. The molecule has 0 saturated carbocycles. The van der Waals surface area contributed by atoms with Crippen LogP contribution in [0.1, 0.15) is 143 Å². The van der Waals surface area contributed by atoms with Crippen LogP contribution in [-0.2, 0) is 0 Å². The lowest BCUT2D eigenvalue weighted by atomic mass is 9.82. The molecule has 0 unspecified atom stereocenters. The molecule has 0 aliphatic heterocycles. The van der Waals surface area contributed by atoms with E-state index in [1.54, 1.807) is 0 Å². The quantitative estimate of drug-likeness (QED) is 0.212. The number of allylic oxidation sites excluding steroid dienone is 1. The van der Waals surface area contributed by atoms with Gasteiger partial charge < -0.3 is 5.32 Å². The molecule has 0 bridgehead atoms. The molecule has 1 N–H and O–H groups in total. The highest BCUT2D eigenvalue weighted by atomic mass is 14.9. The Balaban J connectivity index is 4.12. The highest BCUT2D eigenvalue weighted by Crippen LogP contribution is 2.27. The first-order valence-corrected chi connectivity index (χ1v) is 12.2. The van der Waals surface area contributed by atoms with E-state index in [-0.39, 0.29) is 0 Å². The van der Waals surface area contributed by atoms with Crippen molar-refractivity contribution < 1.29 is 0 Å². The zero-order chi connectivity index (χ0) is 19.3. The van der Waals surface area contributed by atoms with E-state index in [0.717, 1.165) is 0 Å². The number of unbranched alkanes of at least 4 members (excludes halogenated alkanes) is 11. The molecule has 26 heavy (non-hydrogen) atoms. The van der Waals surface area contributed by atoms with Crippen molar-refractivity contribution in [3.05, 3.63) is 12.3 Å². The zero-order valence-electron chi connectivity index (χ0n) is 18.9. The second-order valence-corrected chi connectivity index (χ2v) is 8.40. The Kier molecular flexibility index (Phi) is 19.0. The van der Waals surface area contributed by atoms with Gasteiger partial charge in [-0.15, -0.1) is 0 Å². The van der Waals surface area contributed by atoms with Gasteiger partial charge in [0.05, 0.1) is 0 Å². The molecule has 0 aliphatic rings. The topological polar surface area (TPSA) is 12.0 Å². The molecule has 0 saturated heterocycles. The molecule has 0 aromatic carbocycles. The minimum Gasteiger partial charge on any atom is -0.386 e. The van der Waals surface area contributed by atoms with Gasteiger partial charge in [-0.3, -0.25) is 0 Å². The van der Waals surface area contributed by atoms with Gasteiger partial charge in [0.25, 0.3) is 0 Å². The normalized spacial score (nSPS) is 12.2. The van der Waals surface area contributed by atoms with E-state index in [1.807, 2.05) is 0 Å².